The van der Waals surface area contributed by atoms with Crippen LogP contribution < -0.4 is 0 Å². The zero-order chi connectivity index (χ0) is 15.2. The summed E-state index contributed by atoms with van der Waals surface area (Å²) in [4.78, 5) is 12.1. The number of carbonyl (C=O) groups is 1. The zero-order valence-corrected chi connectivity index (χ0v) is 13.1. The number of halogens is 1. The highest BCUT2D eigenvalue weighted by Crippen LogP contribution is 2.37. The van der Waals surface area contributed by atoms with Crippen LogP contribution in [0.15, 0.2) is 24.3 Å². The highest BCUT2D eigenvalue weighted by molar-refractivity contribution is 6.30. The van der Waals surface area contributed by atoms with Gasteiger partial charge in [-0.25, -0.2) is 0 Å². The van der Waals surface area contributed by atoms with E-state index in [1.54, 1.807) is 24.3 Å². The van der Waals surface area contributed by atoms with E-state index in [2.05, 4.69) is 6.92 Å². The Morgan fingerprint density at radius 3 is 2.40 bits per heavy atom. The smallest absolute Gasteiger partial charge is 0.311 e. The molecule has 3 nitrogen and oxygen atoms in total. The minimum atomic E-state index is -1.22. The number of rotatable bonds is 7. The lowest BCUT2D eigenvalue weighted by Gasteiger charge is -2.34. The van der Waals surface area contributed by atoms with Crippen molar-refractivity contribution < 1.29 is 14.6 Å². The van der Waals surface area contributed by atoms with Crippen molar-refractivity contribution >= 4 is 17.6 Å². The first-order chi connectivity index (χ1) is 9.49. The van der Waals surface area contributed by atoms with Gasteiger partial charge in [0.25, 0.3) is 0 Å². The van der Waals surface area contributed by atoms with Gasteiger partial charge in [-0.05, 0) is 30.5 Å². The molecule has 4 heteroatoms. The summed E-state index contributed by atoms with van der Waals surface area (Å²) in [5.74, 6) is -0.920. The molecule has 0 aliphatic carbocycles. The number of hydrogen-bond donors (Lipinski definition) is 1. The third kappa shape index (κ3) is 3.74. The van der Waals surface area contributed by atoms with Gasteiger partial charge in [0.15, 0.2) is 0 Å². The van der Waals surface area contributed by atoms with E-state index in [0.717, 1.165) is 12.8 Å². The van der Waals surface area contributed by atoms with E-state index in [1.165, 1.54) is 7.11 Å². The van der Waals surface area contributed by atoms with Gasteiger partial charge in [0.2, 0.25) is 0 Å². The van der Waals surface area contributed by atoms with E-state index < -0.39 is 11.5 Å². The highest BCUT2D eigenvalue weighted by atomic mass is 35.5. The van der Waals surface area contributed by atoms with E-state index in [-0.39, 0.29) is 5.97 Å². The Kier molecular flexibility index (Phi) is 6.50. The molecule has 0 amide bonds. The molecule has 1 rings (SSSR count). The molecule has 20 heavy (non-hydrogen) atoms. The van der Waals surface area contributed by atoms with E-state index in [4.69, 9.17) is 16.3 Å². The molecule has 0 saturated carbocycles. The molecule has 2 atom stereocenters. The van der Waals surface area contributed by atoms with Crippen molar-refractivity contribution in [1.29, 1.82) is 0 Å². The number of unbranched alkanes of at least 4 members (excludes halogenated alkanes) is 1. The Balaban J connectivity index is 3.14. The lowest BCUT2D eigenvalue weighted by Crippen LogP contribution is -2.40. The largest absolute Gasteiger partial charge is 0.469 e. The molecule has 0 bridgehead atoms. The van der Waals surface area contributed by atoms with Gasteiger partial charge < -0.3 is 9.84 Å². The fourth-order valence-electron chi connectivity index (χ4n) is 2.49. The predicted molar refractivity (Wildman–Crippen MR) is 80.7 cm³/mol. The minimum absolute atomic E-state index is 0.363. The first-order valence-electron chi connectivity index (χ1n) is 7.05. The Labute approximate surface area is 125 Å². The molecular formula is C16H23ClO3. The van der Waals surface area contributed by atoms with Gasteiger partial charge in [0.05, 0.1) is 13.0 Å². The molecule has 0 fully saturated rings. The number of esters is 1. The third-order valence-electron chi connectivity index (χ3n) is 3.79. The molecule has 0 saturated heterocycles. The molecule has 112 valence electrons. The Morgan fingerprint density at radius 1 is 1.35 bits per heavy atom. The van der Waals surface area contributed by atoms with Gasteiger partial charge in [-0.3, -0.25) is 4.79 Å². The maximum Gasteiger partial charge on any atom is 0.311 e. The standard InChI is InChI=1S/C16H23ClO3/c1-4-6-7-14(15(18)20-3)16(19,5-2)12-8-10-13(17)11-9-12/h8-11,14,19H,4-7H2,1-3H3. The lowest BCUT2D eigenvalue weighted by atomic mass is 9.77. The van der Waals surface area contributed by atoms with E-state index in [0.29, 0.717) is 23.4 Å². The van der Waals surface area contributed by atoms with Crippen molar-refractivity contribution in [3.63, 3.8) is 0 Å². The molecule has 0 heterocycles. The van der Waals surface area contributed by atoms with E-state index in [1.807, 2.05) is 6.92 Å². The minimum Gasteiger partial charge on any atom is -0.469 e. The molecule has 0 radical (unpaired) electrons. The summed E-state index contributed by atoms with van der Waals surface area (Å²) in [7, 11) is 1.36. The van der Waals surface area contributed by atoms with Crippen LogP contribution in [0.4, 0.5) is 0 Å². The molecule has 0 aliphatic rings. The van der Waals surface area contributed by atoms with Crippen LogP contribution in [0, 0.1) is 5.92 Å². The third-order valence-corrected chi connectivity index (χ3v) is 4.04. The first-order valence-corrected chi connectivity index (χ1v) is 7.43. The molecule has 0 aliphatic heterocycles. The van der Waals surface area contributed by atoms with Crippen LogP contribution in [0.1, 0.15) is 45.1 Å². The summed E-state index contributed by atoms with van der Waals surface area (Å²) in [6, 6.07) is 7.00. The van der Waals surface area contributed by atoms with Crippen molar-refractivity contribution in [2.75, 3.05) is 7.11 Å². The van der Waals surface area contributed by atoms with Gasteiger partial charge in [-0.1, -0.05) is 50.4 Å². The maximum atomic E-state index is 12.1. The molecular weight excluding hydrogens is 276 g/mol. The van der Waals surface area contributed by atoms with Gasteiger partial charge in [0.1, 0.15) is 5.60 Å². The summed E-state index contributed by atoms with van der Waals surface area (Å²) in [5.41, 5.74) is -0.511. The average Bonchev–Trinajstić information content (AvgIpc) is 2.47. The van der Waals surface area contributed by atoms with Crippen LogP contribution >= 0.6 is 11.6 Å². The summed E-state index contributed by atoms with van der Waals surface area (Å²) in [6.07, 6.45) is 2.89. The Bertz CT molecular complexity index is 430. The number of methoxy groups -OCH3 is 1. The number of benzene rings is 1. The molecule has 0 spiro atoms. The summed E-state index contributed by atoms with van der Waals surface area (Å²) < 4.78 is 4.88. The molecule has 2 unspecified atom stereocenters. The zero-order valence-electron chi connectivity index (χ0n) is 12.4. The number of ether oxygens (including phenoxy) is 1. The van der Waals surface area contributed by atoms with Crippen molar-refractivity contribution in [2.45, 2.75) is 45.1 Å². The highest BCUT2D eigenvalue weighted by Gasteiger charge is 2.41. The number of carbonyl (C=O) groups excluding carboxylic acids is 1. The second kappa shape index (κ2) is 7.65. The van der Waals surface area contributed by atoms with Gasteiger partial charge in [-0.15, -0.1) is 0 Å². The maximum absolute atomic E-state index is 12.1. The molecule has 1 aromatic rings. The number of aliphatic hydroxyl groups is 1. The second-order valence-corrected chi connectivity index (χ2v) is 5.44. The van der Waals surface area contributed by atoms with E-state index in [9.17, 15) is 9.90 Å². The quantitative estimate of drug-likeness (QED) is 0.776. The Hall–Kier alpha value is -1.06. The van der Waals surface area contributed by atoms with Crippen molar-refractivity contribution in [3.8, 4) is 0 Å². The summed E-state index contributed by atoms with van der Waals surface area (Å²) in [6.45, 7) is 3.93. The predicted octanol–water partition coefficient (Wildman–Crippen LogP) is 3.92. The van der Waals surface area contributed by atoms with Crippen LogP contribution in [-0.4, -0.2) is 18.2 Å². The van der Waals surface area contributed by atoms with Crippen LogP contribution in [0.2, 0.25) is 5.02 Å². The van der Waals surface area contributed by atoms with Crippen LogP contribution in [0.3, 0.4) is 0 Å². The molecule has 1 N–H and O–H groups in total. The Morgan fingerprint density at radius 2 is 1.95 bits per heavy atom. The second-order valence-electron chi connectivity index (χ2n) is 5.00. The fourth-order valence-corrected chi connectivity index (χ4v) is 2.62. The first kappa shape index (κ1) is 17.0. The number of hydrogen-bond acceptors (Lipinski definition) is 3. The monoisotopic (exact) mass is 298 g/mol. The van der Waals surface area contributed by atoms with Crippen LogP contribution in [0.5, 0.6) is 0 Å². The van der Waals surface area contributed by atoms with Crippen LogP contribution in [0.25, 0.3) is 0 Å². The molecule has 0 aromatic heterocycles. The summed E-state index contributed by atoms with van der Waals surface area (Å²) >= 11 is 5.88. The lowest BCUT2D eigenvalue weighted by molar-refractivity contribution is -0.158. The van der Waals surface area contributed by atoms with Gasteiger partial charge in [-0.2, -0.15) is 0 Å². The van der Waals surface area contributed by atoms with Crippen molar-refractivity contribution in [1.82, 2.24) is 0 Å². The average molecular weight is 299 g/mol. The topological polar surface area (TPSA) is 46.5 Å². The van der Waals surface area contributed by atoms with E-state index >= 15 is 0 Å². The summed E-state index contributed by atoms with van der Waals surface area (Å²) in [5, 5.41) is 11.6. The molecule has 1 aromatic carbocycles. The van der Waals surface area contributed by atoms with Gasteiger partial charge in [0, 0.05) is 5.02 Å². The van der Waals surface area contributed by atoms with Crippen molar-refractivity contribution in [3.05, 3.63) is 34.9 Å². The normalized spacial score (nSPS) is 15.4. The fraction of sp³-hybridized carbons (Fsp3) is 0.562. The van der Waals surface area contributed by atoms with Crippen LogP contribution in [-0.2, 0) is 15.1 Å². The van der Waals surface area contributed by atoms with Gasteiger partial charge >= 0.3 is 5.97 Å². The SMILES string of the molecule is CCCCC(C(=O)OC)C(O)(CC)c1ccc(Cl)cc1. The van der Waals surface area contributed by atoms with Crippen molar-refractivity contribution in [2.24, 2.45) is 5.92 Å².